The highest BCUT2D eigenvalue weighted by Gasteiger charge is 2.74. The lowest BCUT2D eigenvalue weighted by molar-refractivity contribution is -0.385. The number of hydrogen-bond donors (Lipinski definition) is 1. The van der Waals surface area contributed by atoms with Crippen LogP contribution in [0.15, 0.2) is 36.4 Å². The van der Waals surface area contributed by atoms with Gasteiger partial charge in [0.2, 0.25) is 17.7 Å². The van der Waals surface area contributed by atoms with Crippen LogP contribution in [-0.2, 0) is 26.3 Å². The molecular formula is C25H24N4O5. The van der Waals surface area contributed by atoms with Gasteiger partial charge in [0.05, 0.1) is 22.4 Å². The number of amides is 3. The molecule has 0 unspecified atom stereocenters. The number of aryl methyl sites for hydroxylation is 2. The zero-order valence-electron chi connectivity index (χ0n) is 18.9. The summed E-state index contributed by atoms with van der Waals surface area (Å²) in [4.78, 5) is 55.6. The first-order valence-electron chi connectivity index (χ1n) is 11.6. The van der Waals surface area contributed by atoms with E-state index in [1.807, 2.05) is 25.1 Å². The van der Waals surface area contributed by atoms with E-state index in [9.17, 15) is 24.5 Å². The molecule has 0 aliphatic carbocycles. The molecule has 0 aromatic heterocycles. The minimum absolute atomic E-state index is 0.149. The van der Waals surface area contributed by atoms with Crippen molar-refractivity contribution in [3.8, 4) is 0 Å². The standard InChI is InChI=1S/C25H24N4O5/c1-3-14-7-9-17-16(11-14)25(24(32)26-17)21-20(18-5-4-10-27(18)25)22(30)28(23(21)31)15-8-6-13(2)19(12-15)29(33)34/h6-9,11-12,18,20-21H,3-5,10H2,1-2H3,(H,26,32)/t18-,20-,21-,25+/m0/s1. The van der Waals surface area contributed by atoms with Gasteiger partial charge in [-0.3, -0.25) is 29.4 Å². The molecule has 9 heteroatoms. The number of carbonyl (C=O) groups is 3. The van der Waals surface area contributed by atoms with E-state index in [1.54, 1.807) is 19.1 Å². The molecule has 6 rings (SSSR count). The van der Waals surface area contributed by atoms with Crippen molar-refractivity contribution in [1.82, 2.24) is 4.90 Å². The number of rotatable bonds is 3. The van der Waals surface area contributed by atoms with Crippen LogP contribution in [0.2, 0.25) is 0 Å². The second kappa shape index (κ2) is 6.96. The Bertz CT molecular complexity index is 1310. The van der Waals surface area contributed by atoms with Gasteiger partial charge in [-0.15, -0.1) is 0 Å². The summed E-state index contributed by atoms with van der Waals surface area (Å²) in [6.45, 7) is 4.28. The monoisotopic (exact) mass is 460 g/mol. The first-order chi connectivity index (χ1) is 16.3. The Balaban J connectivity index is 1.53. The number of nitrogens with one attached hydrogen (secondary N) is 1. The van der Waals surface area contributed by atoms with Gasteiger partial charge in [0.1, 0.15) is 5.54 Å². The van der Waals surface area contributed by atoms with Crippen molar-refractivity contribution in [2.24, 2.45) is 11.8 Å². The molecular weight excluding hydrogens is 436 g/mol. The lowest BCUT2D eigenvalue weighted by Crippen LogP contribution is -2.54. The van der Waals surface area contributed by atoms with E-state index in [2.05, 4.69) is 10.2 Å². The van der Waals surface area contributed by atoms with Crippen LogP contribution >= 0.6 is 0 Å². The second-order valence-corrected chi connectivity index (χ2v) is 9.60. The lowest BCUT2D eigenvalue weighted by Gasteiger charge is -2.36. The van der Waals surface area contributed by atoms with Crippen LogP contribution in [0, 0.1) is 28.9 Å². The SMILES string of the molecule is CCc1ccc2c(c1)[C@]1(C(=O)N2)[C@@H]2C(=O)N(c3ccc(C)c([N+](=O)[O-])c3)C(=O)[C@H]2[C@@H]2CCCN21. The molecule has 4 atom stereocenters. The Hall–Kier alpha value is -3.59. The fourth-order valence-electron chi connectivity index (χ4n) is 6.66. The number of carbonyl (C=O) groups excluding carboxylic acids is 3. The number of nitro benzene ring substituents is 1. The number of anilines is 2. The van der Waals surface area contributed by atoms with E-state index < -0.39 is 28.2 Å². The average Bonchev–Trinajstić information content (AvgIpc) is 3.52. The second-order valence-electron chi connectivity index (χ2n) is 9.60. The third-order valence-corrected chi connectivity index (χ3v) is 8.11. The van der Waals surface area contributed by atoms with Gasteiger partial charge in [-0.1, -0.05) is 25.1 Å². The molecule has 2 aromatic rings. The molecule has 1 N–H and O–H groups in total. The fraction of sp³-hybridized carbons (Fsp3) is 0.400. The molecule has 3 saturated heterocycles. The quantitative estimate of drug-likeness (QED) is 0.428. The number of benzene rings is 2. The van der Waals surface area contributed by atoms with E-state index in [0.717, 1.165) is 35.3 Å². The minimum atomic E-state index is -1.25. The van der Waals surface area contributed by atoms with Gasteiger partial charge < -0.3 is 5.32 Å². The maximum atomic E-state index is 14.0. The molecule has 0 radical (unpaired) electrons. The van der Waals surface area contributed by atoms with Crippen LogP contribution in [0.4, 0.5) is 17.1 Å². The predicted octanol–water partition coefficient (Wildman–Crippen LogP) is 2.90. The molecule has 3 amide bonds. The average molecular weight is 460 g/mol. The maximum Gasteiger partial charge on any atom is 0.274 e. The van der Waals surface area contributed by atoms with Crippen LogP contribution in [0.5, 0.6) is 0 Å². The molecule has 3 fully saturated rings. The smallest absolute Gasteiger partial charge is 0.274 e. The van der Waals surface area contributed by atoms with Crippen LogP contribution in [0.1, 0.15) is 36.5 Å². The number of nitrogens with zero attached hydrogens (tertiary/aromatic N) is 3. The summed E-state index contributed by atoms with van der Waals surface area (Å²) in [5.74, 6) is -2.66. The third-order valence-electron chi connectivity index (χ3n) is 8.11. The maximum absolute atomic E-state index is 14.0. The van der Waals surface area contributed by atoms with Crippen molar-refractivity contribution < 1.29 is 19.3 Å². The molecule has 1 spiro atoms. The van der Waals surface area contributed by atoms with Gasteiger partial charge in [-0.05, 0) is 50.4 Å². The predicted molar refractivity (Wildman–Crippen MR) is 123 cm³/mol. The summed E-state index contributed by atoms with van der Waals surface area (Å²) in [6.07, 6.45) is 2.34. The van der Waals surface area contributed by atoms with E-state index in [-0.39, 0.29) is 29.2 Å². The number of nitro groups is 1. The van der Waals surface area contributed by atoms with Crippen molar-refractivity contribution in [3.63, 3.8) is 0 Å². The zero-order chi connectivity index (χ0) is 23.9. The molecule has 4 aliphatic rings. The summed E-state index contributed by atoms with van der Waals surface area (Å²) < 4.78 is 0. The number of imide groups is 1. The molecule has 34 heavy (non-hydrogen) atoms. The molecule has 2 aromatic carbocycles. The van der Waals surface area contributed by atoms with Gasteiger partial charge in [-0.2, -0.15) is 0 Å². The zero-order valence-corrected chi connectivity index (χ0v) is 18.9. The van der Waals surface area contributed by atoms with Crippen LogP contribution in [0.3, 0.4) is 0 Å². The molecule has 9 nitrogen and oxygen atoms in total. The van der Waals surface area contributed by atoms with Crippen molar-refractivity contribution in [3.05, 3.63) is 63.2 Å². The molecule has 4 heterocycles. The third kappa shape index (κ3) is 2.39. The highest BCUT2D eigenvalue weighted by atomic mass is 16.6. The first kappa shape index (κ1) is 21.0. The first-order valence-corrected chi connectivity index (χ1v) is 11.6. The summed E-state index contributed by atoms with van der Waals surface area (Å²) in [5, 5.41) is 14.5. The number of fused-ring (bicyclic) bond motifs is 7. The van der Waals surface area contributed by atoms with Crippen molar-refractivity contribution in [2.45, 2.75) is 44.7 Å². The summed E-state index contributed by atoms with van der Waals surface area (Å²) >= 11 is 0. The van der Waals surface area contributed by atoms with Gasteiger partial charge >= 0.3 is 0 Å². The Morgan fingerprint density at radius 1 is 1.15 bits per heavy atom. The fourth-order valence-corrected chi connectivity index (χ4v) is 6.66. The van der Waals surface area contributed by atoms with Crippen molar-refractivity contribution >= 4 is 34.8 Å². The lowest BCUT2D eigenvalue weighted by atomic mass is 9.75. The summed E-state index contributed by atoms with van der Waals surface area (Å²) in [6, 6.07) is 9.99. The number of hydrogen-bond acceptors (Lipinski definition) is 6. The van der Waals surface area contributed by atoms with E-state index in [1.165, 1.54) is 6.07 Å². The molecule has 4 aliphatic heterocycles. The van der Waals surface area contributed by atoms with Gasteiger partial charge in [-0.25, -0.2) is 4.90 Å². The Morgan fingerprint density at radius 2 is 1.94 bits per heavy atom. The van der Waals surface area contributed by atoms with E-state index >= 15 is 0 Å². The van der Waals surface area contributed by atoms with Gasteiger partial charge in [0, 0.05) is 28.9 Å². The van der Waals surface area contributed by atoms with Crippen LogP contribution < -0.4 is 10.2 Å². The molecule has 174 valence electrons. The highest BCUT2D eigenvalue weighted by Crippen LogP contribution is 2.60. The van der Waals surface area contributed by atoms with Gasteiger partial charge in [0.25, 0.3) is 5.69 Å². The summed E-state index contributed by atoms with van der Waals surface area (Å²) in [7, 11) is 0. The topological polar surface area (TPSA) is 113 Å². The van der Waals surface area contributed by atoms with Crippen molar-refractivity contribution in [2.75, 3.05) is 16.8 Å². The Morgan fingerprint density at radius 3 is 2.68 bits per heavy atom. The van der Waals surface area contributed by atoms with Crippen LogP contribution in [0.25, 0.3) is 0 Å². The van der Waals surface area contributed by atoms with Gasteiger partial charge in [0.15, 0.2) is 0 Å². The highest BCUT2D eigenvalue weighted by molar-refractivity contribution is 6.26. The largest absolute Gasteiger partial charge is 0.324 e. The Labute approximate surface area is 195 Å². The van der Waals surface area contributed by atoms with Crippen LogP contribution in [-0.4, -0.2) is 40.1 Å². The minimum Gasteiger partial charge on any atom is -0.324 e. The molecule has 0 bridgehead atoms. The normalized spacial score (nSPS) is 29.5. The summed E-state index contributed by atoms with van der Waals surface area (Å²) in [5.41, 5.74) is 1.72. The van der Waals surface area contributed by atoms with E-state index in [0.29, 0.717) is 17.8 Å². The van der Waals surface area contributed by atoms with E-state index in [4.69, 9.17) is 0 Å². The Kier molecular flexibility index (Phi) is 4.29. The molecule has 0 saturated carbocycles. The van der Waals surface area contributed by atoms with Crippen molar-refractivity contribution in [1.29, 1.82) is 0 Å².